The number of phenols is 1. The third kappa shape index (κ3) is 6.99. The second-order valence-corrected chi connectivity index (χ2v) is 8.08. The van der Waals surface area contributed by atoms with Crippen molar-refractivity contribution in [3.8, 4) is 11.5 Å². The minimum absolute atomic E-state index is 0.00834. The highest BCUT2D eigenvalue weighted by Gasteiger charge is 2.32. The fourth-order valence-electron chi connectivity index (χ4n) is 3.46. The average molecular weight is 458 g/mol. The Kier molecular flexibility index (Phi) is 8.38. The van der Waals surface area contributed by atoms with Gasteiger partial charge in [-0.15, -0.1) is 0 Å². The molecule has 5 nitrogen and oxygen atoms in total. The number of ether oxygens (including phenoxy) is 1. The average Bonchev–Trinajstić information content (AvgIpc) is 2.83. The van der Waals surface area contributed by atoms with Crippen molar-refractivity contribution in [1.82, 2.24) is 5.32 Å². The van der Waals surface area contributed by atoms with E-state index in [1.807, 2.05) is 19.1 Å². The van der Waals surface area contributed by atoms with Gasteiger partial charge in [0.2, 0.25) is 0 Å². The summed E-state index contributed by atoms with van der Waals surface area (Å²) in [6, 6.07) is 19.3. The van der Waals surface area contributed by atoms with Crippen molar-refractivity contribution in [3.63, 3.8) is 0 Å². The quantitative estimate of drug-likeness (QED) is 0.345. The Morgan fingerprint density at radius 3 is 2.36 bits per heavy atom. The fourth-order valence-corrected chi connectivity index (χ4v) is 3.46. The summed E-state index contributed by atoms with van der Waals surface area (Å²) in [5, 5.41) is 32.5. The number of halogens is 2. The Labute approximate surface area is 192 Å². The van der Waals surface area contributed by atoms with Crippen molar-refractivity contribution in [2.24, 2.45) is 0 Å². The lowest BCUT2D eigenvalue weighted by atomic mass is 10.0. The lowest BCUT2D eigenvalue weighted by molar-refractivity contribution is -0.0467. The Hall–Kier alpha value is -3.00. The Bertz CT molecular complexity index is 1010. The summed E-state index contributed by atoms with van der Waals surface area (Å²) in [5.41, 5.74) is 1.89. The van der Waals surface area contributed by atoms with E-state index in [0.717, 1.165) is 5.56 Å². The number of aromatic hydroxyl groups is 1. The van der Waals surface area contributed by atoms with E-state index >= 15 is 0 Å². The van der Waals surface area contributed by atoms with Crippen molar-refractivity contribution in [3.05, 3.63) is 95.1 Å². The van der Waals surface area contributed by atoms with Crippen LogP contribution in [-0.2, 0) is 19.0 Å². The zero-order valence-corrected chi connectivity index (χ0v) is 18.4. The maximum absolute atomic E-state index is 14.2. The van der Waals surface area contributed by atoms with Crippen LogP contribution < -0.4 is 10.1 Å². The molecule has 0 saturated carbocycles. The summed E-state index contributed by atoms with van der Waals surface area (Å²) in [6.45, 7) is 1.24. The number of aliphatic hydroxyl groups excluding tert-OH is 2. The van der Waals surface area contributed by atoms with Crippen LogP contribution in [0.1, 0.15) is 35.3 Å². The van der Waals surface area contributed by atoms with Gasteiger partial charge >= 0.3 is 5.92 Å². The van der Waals surface area contributed by atoms with Crippen LogP contribution in [0.2, 0.25) is 0 Å². The van der Waals surface area contributed by atoms with Gasteiger partial charge in [-0.2, -0.15) is 8.78 Å². The number of hydrogen-bond donors (Lipinski definition) is 4. The molecule has 0 aromatic heterocycles. The Balaban J connectivity index is 1.47. The molecule has 0 spiro atoms. The van der Waals surface area contributed by atoms with E-state index in [1.54, 1.807) is 42.5 Å². The van der Waals surface area contributed by atoms with E-state index in [-0.39, 0.29) is 24.0 Å². The lowest BCUT2D eigenvalue weighted by Crippen LogP contribution is -2.32. The molecule has 0 bridgehead atoms. The van der Waals surface area contributed by atoms with E-state index < -0.39 is 18.6 Å². The van der Waals surface area contributed by atoms with Crippen LogP contribution in [0.25, 0.3) is 0 Å². The van der Waals surface area contributed by atoms with Gasteiger partial charge in [0.25, 0.3) is 0 Å². The van der Waals surface area contributed by atoms with Gasteiger partial charge in [-0.05, 0) is 48.7 Å². The van der Waals surface area contributed by atoms with Gasteiger partial charge in [0.1, 0.15) is 11.5 Å². The van der Waals surface area contributed by atoms with Gasteiger partial charge in [-0.25, -0.2) is 0 Å². The van der Waals surface area contributed by atoms with Crippen LogP contribution in [-0.4, -0.2) is 34.5 Å². The van der Waals surface area contributed by atoms with Crippen LogP contribution in [0.5, 0.6) is 11.5 Å². The summed E-state index contributed by atoms with van der Waals surface area (Å²) < 4.78 is 33.8. The standard InChI is InChI=1S/C26H29F2NO4/c1-18(29-15-25(32)20-9-12-24(31)21(14-20)16-30)13-19-7-10-23(11-8-19)33-17-26(27,28)22-5-3-2-4-6-22/h2-12,14,18,25,29-32H,13,15-17H2,1H3. The number of nitrogens with one attached hydrogen (secondary N) is 1. The molecule has 3 rings (SSSR count). The Morgan fingerprint density at radius 2 is 1.70 bits per heavy atom. The summed E-state index contributed by atoms with van der Waals surface area (Å²) >= 11 is 0. The molecule has 0 aliphatic heterocycles. The van der Waals surface area contributed by atoms with Crippen LogP contribution in [0.15, 0.2) is 72.8 Å². The lowest BCUT2D eigenvalue weighted by Gasteiger charge is -2.19. The first-order chi connectivity index (χ1) is 15.8. The highest BCUT2D eigenvalue weighted by atomic mass is 19.3. The highest BCUT2D eigenvalue weighted by molar-refractivity contribution is 5.36. The van der Waals surface area contributed by atoms with E-state index in [0.29, 0.717) is 29.8 Å². The highest BCUT2D eigenvalue weighted by Crippen LogP contribution is 2.29. The largest absolute Gasteiger partial charge is 0.508 e. The van der Waals surface area contributed by atoms with Crippen LogP contribution in [0, 0.1) is 0 Å². The molecule has 0 heterocycles. The summed E-state index contributed by atoms with van der Waals surface area (Å²) in [7, 11) is 0. The Morgan fingerprint density at radius 1 is 1.00 bits per heavy atom. The maximum Gasteiger partial charge on any atom is 0.306 e. The van der Waals surface area contributed by atoms with E-state index in [9.17, 15) is 24.1 Å². The number of hydrogen-bond acceptors (Lipinski definition) is 5. The van der Waals surface area contributed by atoms with E-state index in [2.05, 4.69) is 5.32 Å². The molecule has 3 aromatic rings. The second kappa shape index (κ2) is 11.2. The van der Waals surface area contributed by atoms with Crippen LogP contribution in [0.4, 0.5) is 8.78 Å². The number of benzene rings is 3. The van der Waals surface area contributed by atoms with Gasteiger partial charge in [0, 0.05) is 23.7 Å². The molecule has 0 aliphatic carbocycles. The summed E-state index contributed by atoms with van der Waals surface area (Å²) in [5.74, 6) is -2.71. The van der Waals surface area contributed by atoms with Crippen molar-refractivity contribution < 1.29 is 28.8 Å². The van der Waals surface area contributed by atoms with Crippen molar-refractivity contribution in [1.29, 1.82) is 0 Å². The molecule has 0 aliphatic rings. The topological polar surface area (TPSA) is 82.0 Å². The van der Waals surface area contributed by atoms with Gasteiger partial charge in [0.05, 0.1) is 12.7 Å². The van der Waals surface area contributed by atoms with Gasteiger partial charge in [-0.1, -0.05) is 48.5 Å². The molecule has 0 fully saturated rings. The SMILES string of the molecule is CC(Cc1ccc(OCC(F)(F)c2ccccc2)cc1)NCC(O)c1ccc(O)c(CO)c1. The van der Waals surface area contributed by atoms with Gasteiger partial charge in [-0.3, -0.25) is 0 Å². The minimum atomic E-state index is -3.07. The number of rotatable bonds is 11. The third-order valence-electron chi connectivity index (χ3n) is 5.40. The molecule has 2 unspecified atom stereocenters. The van der Waals surface area contributed by atoms with E-state index in [1.165, 1.54) is 18.2 Å². The second-order valence-electron chi connectivity index (χ2n) is 8.08. The normalized spacial score (nSPS) is 13.5. The zero-order chi connectivity index (χ0) is 23.8. The van der Waals surface area contributed by atoms with Gasteiger partial charge in [0.15, 0.2) is 6.61 Å². The predicted molar refractivity (Wildman–Crippen MR) is 122 cm³/mol. The molecule has 0 radical (unpaired) electrons. The molecule has 0 amide bonds. The van der Waals surface area contributed by atoms with Crippen molar-refractivity contribution in [2.45, 2.75) is 38.0 Å². The molecule has 7 heteroatoms. The fraction of sp³-hybridized carbons (Fsp3) is 0.308. The maximum atomic E-state index is 14.2. The molecular weight excluding hydrogens is 428 g/mol. The molecule has 2 atom stereocenters. The summed E-state index contributed by atoms with van der Waals surface area (Å²) in [4.78, 5) is 0. The minimum Gasteiger partial charge on any atom is -0.508 e. The van der Waals surface area contributed by atoms with Crippen molar-refractivity contribution >= 4 is 0 Å². The van der Waals surface area contributed by atoms with Crippen LogP contribution >= 0.6 is 0 Å². The number of aliphatic hydroxyl groups is 2. The molecule has 0 saturated heterocycles. The first-order valence-electron chi connectivity index (χ1n) is 10.8. The monoisotopic (exact) mass is 457 g/mol. The van der Waals surface area contributed by atoms with E-state index in [4.69, 9.17) is 4.74 Å². The molecule has 3 aromatic carbocycles. The predicted octanol–water partition coefficient (Wildman–Crippen LogP) is 4.31. The molecular formula is C26H29F2NO4. The molecule has 33 heavy (non-hydrogen) atoms. The van der Waals surface area contributed by atoms with Crippen molar-refractivity contribution in [2.75, 3.05) is 13.2 Å². The van der Waals surface area contributed by atoms with Crippen LogP contribution in [0.3, 0.4) is 0 Å². The van der Waals surface area contributed by atoms with Gasteiger partial charge < -0.3 is 25.4 Å². The zero-order valence-electron chi connectivity index (χ0n) is 18.4. The first-order valence-corrected chi connectivity index (χ1v) is 10.8. The first kappa shape index (κ1) is 24.6. The number of alkyl halides is 2. The smallest absolute Gasteiger partial charge is 0.306 e. The molecule has 4 N–H and O–H groups in total. The third-order valence-corrected chi connectivity index (χ3v) is 5.40. The summed E-state index contributed by atoms with van der Waals surface area (Å²) in [6.07, 6.45) is -0.120. The molecule has 176 valence electrons.